The number of rotatable bonds is 9. The van der Waals surface area contributed by atoms with Crippen molar-refractivity contribution in [3.8, 4) is 0 Å². The number of guanidine groups is 1. The lowest BCUT2D eigenvalue weighted by Gasteiger charge is -2.30. The van der Waals surface area contributed by atoms with Gasteiger partial charge < -0.3 is 19.8 Å². The van der Waals surface area contributed by atoms with Gasteiger partial charge in [-0.1, -0.05) is 32.9 Å². The second-order valence-corrected chi connectivity index (χ2v) is 9.64. The summed E-state index contributed by atoms with van der Waals surface area (Å²) in [5.41, 5.74) is 0.846. The Kier molecular flexibility index (Phi) is 8.45. The van der Waals surface area contributed by atoms with Crippen LogP contribution in [0.4, 0.5) is 0 Å². The third-order valence-corrected chi connectivity index (χ3v) is 5.55. The predicted octanol–water partition coefficient (Wildman–Crippen LogP) is 2.27. The summed E-state index contributed by atoms with van der Waals surface area (Å²) >= 11 is 0. The van der Waals surface area contributed by atoms with Crippen molar-refractivity contribution in [3.63, 3.8) is 0 Å². The first-order valence-corrected chi connectivity index (χ1v) is 11.3. The number of methoxy groups -OCH3 is 1. The van der Waals surface area contributed by atoms with Gasteiger partial charge in [0.25, 0.3) is 0 Å². The molecule has 1 aromatic heterocycles. The van der Waals surface area contributed by atoms with Crippen molar-refractivity contribution < 1.29 is 17.6 Å². The highest BCUT2D eigenvalue weighted by Crippen LogP contribution is 2.21. The standard InChI is InChI=1S/C21H32N4O4S/c1-21(2,3)19(28-4)15-25-20(23-12-11-17-6-5-13-29-17)24-14-16-7-9-18(10-8-16)30(22,26)27/h5-10,13,19H,11-12,14-15H2,1-4H3,(H2,22,26,27)(H2,23,24,25). The van der Waals surface area contributed by atoms with E-state index in [4.69, 9.17) is 14.3 Å². The fourth-order valence-corrected chi connectivity index (χ4v) is 3.34. The molecule has 9 heteroatoms. The number of nitrogens with one attached hydrogen (secondary N) is 2. The second kappa shape index (κ2) is 10.6. The van der Waals surface area contributed by atoms with E-state index in [1.807, 2.05) is 12.1 Å². The number of primary sulfonamides is 1. The average molecular weight is 437 g/mol. The number of aliphatic imine (C=N–C) groups is 1. The zero-order chi connectivity index (χ0) is 22.2. The van der Waals surface area contributed by atoms with Gasteiger partial charge in [-0.2, -0.15) is 0 Å². The minimum atomic E-state index is -3.70. The monoisotopic (exact) mass is 436 g/mol. The van der Waals surface area contributed by atoms with Crippen LogP contribution in [0, 0.1) is 5.41 Å². The SMILES string of the molecule is COC(CNC(=NCc1ccc(S(N)(=O)=O)cc1)NCCc1ccco1)C(C)(C)C. The van der Waals surface area contributed by atoms with Gasteiger partial charge in [-0.05, 0) is 35.2 Å². The van der Waals surface area contributed by atoms with Gasteiger partial charge in [-0.15, -0.1) is 0 Å². The van der Waals surface area contributed by atoms with Gasteiger partial charge in [-0.3, -0.25) is 0 Å². The van der Waals surface area contributed by atoms with E-state index in [2.05, 4.69) is 36.4 Å². The van der Waals surface area contributed by atoms with Crippen LogP contribution in [-0.2, 0) is 27.7 Å². The Morgan fingerprint density at radius 2 is 1.90 bits per heavy atom. The maximum Gasteiger partial charge on any atom is 0.238 e. The van der Waals surface area contributed by atoms with Crippen LogP contribution in [0.1, 0.15) is 32.1 Å². The molecule has 166 valence electrons. The molecule has 0 aliphatic heterocycles. The molecular weight excluding hydrogens is 404 g/mol. The largest absolute Gasteiger partial charge is 0.469 e. The number of ether oxygens (including phenoxy) is 1. The molecule has 8 nitrogen and oxygen atoms in total. The van der Waals surface area contributed by atoms with Crippen LogP contribution in [-0.4, -0.2) is 40.7 Å². The van der Waals surface area contributed by atoms with E-state index in [0.29, 0.717) is 25.6 Å². The predicted molar refractivity (Wildman–Crippen MR) is 118 cm³/mol. The van der Waals surface area contributed by atoms with Crippen LogP contribution in [0.5, 0.6) is 0 Å². The minimum Gasteiger partial charge on any atom is -0.469 e. The van der Waals surface area contributed by atoms with E-state index < -0.39 is 10.0 Å². The second-order valence-electron chi connectivity index (χ2n) is 8.08. The summed E-state index contributed by atoms with van der Waals surface area (Å²) in [6, 6.07) is 10.2. The van der Waals surface area contributed by atoms with Crippen LogP contribution in [0.25, 0.3) is 0 Å². The van der Waals surface area contributed by atoms with Crippen LogP contribution in [0.15, 0.2) is 57.0 Å². The van der Waals surface area contributed by atoms with E-state index in [1.165, 1.54) is 12.1 Å². The maximum absolute atomic E-state index is 11.4. The molecule has 0 amide bonds. The van der Waals surface area contributed by atoms with Gasteiger partial charge in [-0.25, -0.2) is 18.5 Å². The fourth-order valence-electron chi connectivity index (χ4n) is 2.82. The number of nitrogens with zero attached hydrogens (tertiary/aromatic N) is 1. The first-order chi connectivity index (χ1) is 14.1. The maximum atomic E-state index is 11.4. The van der Waals surface area contributed by atoms with E-state index in [9.17, 15) is 8.42 Å². The molecule has 0 bridgehead atoms. The summed E-state index contributed by atoms with van der Waals surface area (Å²) in [6.45, 7) is 7.99. The first-order valence-electron chi connectivity index (χ1n) is 9.78. The third-order valence-electron chi connectivity index (χ3n) is 4.62. The van der Waals surface area contributed by atoms with Crippen molar-refractivity contribution in [1.82, 2.24) is 10.6 Å². The van der Waals surface area contributed by atoms with Crippen LogP contribution in [0.2, 0.25) is 0 Å². The highest BCUT2D eigenvalue weighted by atomic mass is 32.2. The molecule has 0 aliphatic carbocycles. The smallest absolute Gasteiger partial charge is 0.238 e. The van der Waals surface area contributed by atoms with Gasteiger partial charge in [0.2, 0.25) is 10.0 Å². The Morgan fingerprint density at radius 1 is 1.20 bits per heavy atom. The molecule has 2 rings (SSSR count). The summed E-state index contributed by atoms with van der Waals surface area (Å²) in [6.07, 6.45) is 2.38. The Balaban J connectivity index is 2.04. The summed E-state index contributed by atoms with van der Waals surface area (Å²) in [7, 11) is -2.00. The van der Waals surface area contributed by atoms with Crippen molar-refractivity contribution >= 4 is 16.0 Å². The lowest BCUT2D eigenvalue weighted by molar-refractivity contribution is 0.0205. The zero-order valence-corrected chi connectivity index (χ0v) is 18.8. The molecule has 4 N–H and O–H groups in total. The number of furan rings is 1. The molecule has 0 fully saturated rings. The highest BCUT2D eigenvalue weighted by molar-refractivity contribution is 7.89. The van der Waals surface area contributed by atoms with Crippen molar-refractivity contribution in [3.05, 3.63) is 54.0 Å². The normalized spacial score (nSPS) is 13.8. The molecule has 0 radical (unpaired) electrons. The van der Waals surface area contributed by atoms with E-state index >= 15 is 0 Å². The lowest BCUT2D eigenvalue weighted by Crippen LogP contribution is -2.45. The summed E-state index contributed by atoms with van der Waals surface area (Å²) < 4.78 is 33.8. The van der Waals surface area contributed by atoms with Gasteiger partial charge in [0.05, 0.1) is 23.8 Å². The fraction of sp³-hybridized carbons (Fsp3) is 0.476. The number of hydrogen-bond donors (Lipinski definition) is 3. The molecule has 0 saturated carbocycles. The molecule has 0 spiro atoms. The van der Waals surface area contributed by atoms with Crippen LogP contribution >= 0.6 is 0 Å². The Morgan fingerprint density at radius 3 is 2.43 bits per heavy atom. The molecule has 1 aromatic carbocycles. The Labute approximate surface area is 179 Å². The number of nitrogens with two attached hydrogens (primary N) is 1. The molecule has 1 heterocycles. The van der Waals surface area contributed by atoms with Gasteiger partial charge in [0.1, 0.15) is 5.76 Å². The lowest BCUT2D eigenvalue weighted by atomic mass is 9.89. The van der Waals surface area contributed by atoms with Crippen molar-refractivity contribution in [1.29, 1.82) is 0 Å². The zero-order valence-electron chi connectivity index (χ0n) is 18.0. The quantitative estimate of drug-likeness (QED) is 0.410. The van der Waals surface area contributed by atoms with Gasteiger partial charge >= 0.3 is 0 Å². The summed E-state index contributed by atoms with van der Waals surface area (Å²) in [4.78, 5) is 4.70. The molecule has 2 aromatic rings. The molecular formula is C21H32N4O4S. The topological polar surface area (TPSA) is 119 Å². The molecule has 30 heavy (non-hydrogen) atoms. The van der Waals surface area contributed by atoms with Crippen molar-refractivity contribution in [2.75, 3.05) is 20.2 Å². The summed E-state index contributed by atoms with van der Waals surface area (Å²) in [5, 5.41) is 11.8. The first kappa shape index (κ1) is 23.9. The van der Waals surface area contributed by atoms with E-state index in [0.717, 1.165) is 17.7 Å². The average Bonchev–Trinajstić information content (AvgIpc) is 3.18. The van der Waals surface area contributed by atoms with Gasteiger partial charge in [0.15, 0.2) is 5.96 Å². The number of benzene rings is 1. The van der Waals surface area contributed by atoms with Crippen LogP contribution < -0.4 is 15.8 Å². The molecule has 0 aliphatic rings. The van der Waals surface area contributed by atoms with Gasteiger partial charge in [0, 0.05) is 26.6 Å². The molecule has 0 saturated heterocycles. The third kappa shape index (κ3) is 7.81. The molecule has 1 atom stereocenters. The Hall–Kier alpha value is -2.36. The Bertz CT molecular complexity index is 901. The summed E-state index contributed by atoms with van der Waals surface area (Å²) in [5.74, 6) is 1.54. The van der Waals surface area contributed by atoms with E-state index in [-0.39, 0.29) is 16.4 Å². The van der Waals surface area contributed by atoms with Crippen molar-refractivity contribution in [2.45, 2.75) is 44.7 Å². The van der Waals surface area contributed by atoms with E-state index in [1.54, 1.807) is 25.5 Å². The van der Waals surface area contributed by atoms with Crippen molar-refractivity contribution in [2.24, 2.45) is 15.5 Å². The highest BCUT2D eigenvalue weighted by Gasteiger charge is 2.24. The van der Waals surface area contributed by atoms with Crippen LogP contribution in [0.3, 0.4) is 0 Å². The number of sulfonamides is 1. The molecule has 1 unspecified atom stereocenters. The minimum absolute atomic E-state index is 0.00335. The number of hydrogen-bond acceptors (Lipinski definition) is 5.